The summed E-state index contributed by atoms with van der Waals surface area (Å²) in [5, 5.41) is 2.56. The topological polar surface area (TPSA) is 72.5 Å². The summed E-state index contributed by atoms with van der Waals surface area (Å²) in [6.07, 6.45) is 1.04. The van der Waals surface area contributed by atoms with Crippen molar-refractivity contribution in [1.29, 1.82) is 0 Å². The van der Waals surface area contributed by atoms with Crippen LogP contribution in [0.1, 0.15) is 15.9 Å². The number of alkyl halides is 2. The van der Waals surface area contributed by atoms with E-state index in [0.717, 1.165) is 6.26 Å². The van der Waals surface area contributed by atoms with E-state index in [9.17, 15) is 22.0 Å². The molecule has 0 radical (unpaired) electrons. The van der Waals surface area contributed by atoms with Crippen LogP contribution in [-0.2, 0) is 16.4 Å². The molecule has 0 fully saturated rings. The zero-order chi connectivity index (χ0) is 18.6. The number of halogens is 3. The van der Waals surface area contributed by atoms with Crippen LogP contribution in [0.3, 0.4) is 0 Å². The molecule has 2 aromatic carbocycles. The molecule has 0 aromatic heterocycles. The van der Waals surface area contributed by atoms with E-state index in [1.807, 2.05) is 0 Å². The van der Waals surface area contributed by atoms with Crippen LogP contribution in [0.2, 0.25) is 0 Å². The average molecular weight is 434 g/mol. The van der Waals surface area contributed by atoms with E-state index in [1.54, 1.807) is 12.1 Å². The monoisotopic (exact) mass is 433 g/mol. The van der Waals surface area contributed by atoms with Crippen LogP contribution < -0.4 is 10.1 Å². The molecule has 0 aliphatic heterocycles. The number of amides is 1. The van der Waals surface area contributed by atoms with E-state index in [-0.39, 0.29) is 22.8 Å². The molecule has 1 N–H and O–H groups in total. The van der Waals surface area contributed by atoms with E-state index in [1.165, 1.54) is 30.3 Å². The molecular weight excluding hydrogens is 420 g/mol. The molecule has 0 saturated carbocycles. The largest absolute Gasteiger partial charge is 0.434 e. The van der Waals surface area contributed by atoms with Gasteiger partial charge < -0.3 is 10.1 Å². The van der Waals surface area contributed by atoms with Gasteiger partial charge in [-0.3, -0.25) is 4.79 Å². The Balaban J connectivity index is 2.16. The van der Waals surface area contributed by atoms with Crippen LogP contribution in [-0.4, -0.2) is 27.2 Å². The first kappa shape index (κ1) is 19.3. The van der Waals surface area contributed by atoms with Gasteiger partial charge in [0, 0.05) is 28.4 Å². The molecule has 0 spiro atoms. The summed E-state index contributed by atoms with van der Waals surface area (Å²) in [5.41, 5.74) is 0.497. The number of rotatable bonds is 6. The fraction of sp³-hybridized carbons (Fsp3) is 0.188. The van der Waals surface area contributed by atoms with Crippen molar-refractivity contribution in [1.82, 2.24) is 5.32 Å². The van der Waals surface area contributed by atoms with E-state index < -0.39 is 22.4 Å². The van der Waals surface area contributed by atoms with Crippen molar-refractivity contribution in [3.05, 3.63) is 58.1 Å². The van der Waals surface area contributed by atoms with Crippen molar-refractivity contribution < 1.29 is 26.7 Å². The molecule has 2 aromatic rings. The third kappa shape index (κ3) is 5.50. The van der Waals surface area contributed by atoms with E-state index >= 15 is 0 Å². The number of carbonyl (C=O) groups excluding carboxylic acids is 1. The van der Waals surface area contributed by atoms with Gasteiger partial charge in [-0.1, -0.05) is 22.0 Å². The predicted molar refractivity (Wildman–Crippen MR) is 91.5 cm³/mol. The van der Waals surface area contributed by atoms with Crippen molar-refractivity contribution in [2.45, 2.75) is 18.1 Å². The molecule has 0 heterocycles. The molecule has 134 valence electrons. The lowest BCUT2D eigenvalue weighted by Gasteiger charge is -2.12. The Bertz CT molecular complexity index is 887. The SMILES string of the molecule is CS(=O)(=O)c1cccc(C(=O)NCc2cc(Br)ccc2OC(F)F)c1. The molecule has 0 aliphatic rings. The van der Waals surface area contributed by atoms with Crippen LogP contribution >= 0.6 is 15.9 Å². The smallest absolute Gasteiger partial charge is 0.387 e. The summed E-state index contributed by atoms with van der Waals surface area (Å²) in [4.78, 5) is 12.2. The molecule has 0 atom stereocenters. The van der Waals surface area contributed by atoms with Crippen molar-refractivity contribution >= 4 is 31.7 Å². The minimum absolute atomic E-state index is 0.0179. The zero-order valence-corrected chi connectivity index (χ0v) is 15.4. The predicted octanol–water partition coefficient (Wildman–Crippen LogP) is 3.38. The van der Waals surface area contributed by atoms with Crippen LogP contribution in [0.25, 0.3) is 0 Å². The quantitative estimate of drug-likeness (QED) is 0.757. The Morgan fingerprint density at radius 2 is 1.96 bits per heavy atom. The summed E-state index contributed by atoms with van der Waals surface area (Å²) in [6.45, 7) is -3.05. The highest BCUT2D eigenvalue weighted by Crippen LogP contribution is 2.25. The molecular formula is C16H14BrF2NO4S. The number of nitrogens with one attached hydrogen (secondary N) is 1. The Kier molecular flexibility index (Phi) is 6.12. The normalized spacial score (nSPS) is 11.4. The van der Waals surface area contributed by atoms with Gasteiger partial charge in [-0.25, -0.2) is 8.42 Å². The van der Waals surface area contributed by atoms with Gasteiger partial charge in [-0.2, -0.15) is 8.78 Å². The highest BCUT2D eigenvalue weighted by Gasteiger charge is 2.14. The second kappa shape index (κ2) is 7.92. The third-order valence-corrected chi connectivity index (χ3v) is 4.81. The minimum atomic E-state index is -3.44. The number of sulfone groups is 1. The summed E-state index contributed by atoms with van der Waals surface area (Å²) in [5.74, 6) is -0.586. The Morgan fingerprint density at radius 1 is 1.24 bits per heavy atom. The maximum absolute atomic E-state index is 12.4. The Labute approximate surface area is 152 Å². The van der Waals surface area contributed by atoms with E-state index in [0.29, 0.717) is 10.0 Å². The second-order valence-corrected chi connectivity index (χ2v) is 8.04. The van der Waals surface area contributed by atoms with E-state index in [2.05, 4.69) is 26.0 Å². The van der Waals surface area contributed by atoms with Gasteiger partial charge in [-0.15, -0.1) is 0 Å². The van der Waals surface area contributed by atoms with Crippen molar-refractivity contribution in [3.63, 3.8) is 0 Å². The minimum Gasteiger partial charge on any atom is -0.434 e. The summed E-state index contributed by atoms with van der Waals surface area (Å²) >= 11 is 3.22. The molecule has 9 heteroatoms. The maximum atomic E-state index is 12.4. The van der Waals surface area contributed by atoms with E-state index in [4.69, 9.17) is 0 Å². The first-order valence-electron chi connectivity index (χ1n) is 6.98. The van der Waals surface area contributed by atoms with Gasteiger partial charge in [0.05, 0.1) is 4.90 Å². The number of hydrogen-bond donors (Lipinski definition) is 1. The molecule has 25 heavy (non-hydrogen) atoms. The lowest BCUT2D eigenvalue weighted by molar-refractivity contribution is -0.0504. The number of benzene rings is 2. The highest BCUT2D eigenvalue weighted by molar-refractivity contribution is 9.10. The average Bonchev–Trinajstić information content (AvgIpc) is 2.53. The number of ether oxygens (including phenoxy) is 1. The van der Waals surface area contributed by atoms with Gasteiger partial charge in [-0.05, 0) is 36.4 Å². The highest BCUT2D eigenvalue weighted by atomic mass is 79.9. The lowest BCUT2D eigenvalue weighted by atomic mass is 10.1. The van der Waals surface area contributed by atoms with Gasteiger partial charge in [0.1, 0.15) is 5.75 Å². The molecule has 0 aliphatic carbocycles. The standard InChI is InChI=1S/C16H14BrF2NO4S/c1-25(22,23)13-4-2-3-10(8-13)15(21)20-9-11-7-12(17)5-6-14(11)24-16(18)19/h2-8,16H,9H2,1H3,(H,20,21). The number of carbonyl (C=O) groups is 1. The van der Waals surface area contributed by atoms with Crippen LogP contribution in [0.4, 0.5) is 8.78 Å². The fourth-order valence-electron chi connectivity index (χ4n) is 2.04. The fourth-order valence-corrected chi connectivity index (χ4v) is 3.12. The van der Waals surface area contributed by atoms with Gasteiger partial charge in [0.15, 0.2) is 9.84 Å². The molecule has 2 rings (SSSR count). The molecule has 0 saturated heterocycles. The molecule has 0 unspecified atom stereocenters. The van der Waals surface area contributed by atoms with Crippen molar-refractivity contribution in [2.24, 2.45) is 0 Å². The van der Waals surface area contributed by atoms with Gasteiger partial charge >= 0.3 is 6.61 Å². The molecule has 1 amide bonds. The van der Waals surface area contributed by atoms with Crippen LogP contribution in [0.5, 0.6) is 5.75 Å². The Morgan fingerprint density at radius 3 is 2.60 bits per heavy atom. The zero-order valence-electron chi connectivity index (χ0n) is 13.0. The van der Waals surface area contributed by atoms with Gasteiger partial charge in [0.25, 0.3) is 5.91 Å². The summed E-state index contributed by atoms with van der Waals surface area (Å²) < 4.78 is 53.0. The third-order valence-electron chi connectivity index (χ3n) is 3.20. The summed E-state index contributed by atoms with van der Waals surface area (Å²) in [6, 6.07) is 10.00. The second-order valence-electron chi connectivity index (χ2n) is 5.11. The first-order chi connectivity index (χ1) is 11.7. The maximum Gasteiger partial charge on any atom is 0.387 e. The van der Waals surface area contributed by atoms with Crippen molar-refractivity contribution in [3.8, 4) is 5.75 Å². The lowest BCUT2D eigenvalue weighted by Crippen LogP contribution is -2.23. The molecule has 5 nitrogen and oxygen atoms in total. The van der Waals surface area contributed by atoms with Gasteiger partial charge in [0.2, 0.25) is 0 Å². The summed E-state index contributed by atoms with van der Waals surface area (Å²) in [7, 11) is -3.44. The Hall–Kier alpha value is -2.00. The van der Waals surface area contributed by atoms with Crippen LogP contribution in [0, 0.1) is 0 Å². The first-order valence-corrected chi connectivity index (χ1v) is 9.67. The number of hydrogen-bond acceptors (Lipinski definition) is 4. The van der Waals surface area contributed by atoms with Crippen LogP contribution in [0.15, 0.2) is 51.8 Å². The molecule has 0 bridgehead atoms. The van der Waals surface area contributed by atoms with Crippen molar-refractivity contribution in [2.75, 3.05) is 6.26 Å².